The lowest BCUT2D eigenvalue weighted by Crippen LogP contribution is -2.34. The maximum atomic E-state index is 8.86. The number of nitrogens with one attached hydrogen (secondary N) is 1. The van der Waals surface area contributed by atoms with Gasteiger partial charge in [0.2, 0.25) is 0 Å². The molecular weight excluding hydrogens is 326 g/mol. The highest BCUT2D eigenvalue weighted by atomic mass is 79.9. The van der Waals surface area contributed by atoms with Crippen LogP contribution in [0.4, 0.5) is 5.69 Å². The number of nitriles is 1. The minimum atomic E-state index is 0.685. The van der Waals surface area contributed by atoms with E-state index in [4.69, 9.17) is 5.26 Å². The van der Waals surface area contributed by atoms with Crippen LogP contribution in [0.2, 0.25) is 0 Å². The van der Waals surface area contributed by atoms with Crippen LogP contribution in [0.25, 0.3) is 0 Å². The molecule has 0 unspecified atom stereocenters. The molecule has 3 nitrogen and oxygen atoms in total. The molecule has 0 spiro atoms. The van der Waals surface area contributed by atoms with Crippen molar-refractivity contribution in [1.82, 2.24) is 4.90 Å². The van der Waals surface area contributed by atoms with Gasteiger partial charge in [0.25, 0.3) is 0 Å². The minimum Gasteiger partial charge on any atom is -0.384 e. The van der Waals surface area contributed by atoms with E-state index >= 15 is 0 Å². The highest BCUT2D eigenvalue weighted by Crippen LogP contribution is 2.24. The number of hydrogen-bond donors (Lipinski definition) is 1. The Morgan fingerprint density at radius 3 is 2.76 bits per heavy atom. The molecular formula is C17H24BrN3. The first kappa shape index (κ1) is 16.3. The highest BCUT2D eigenvalue weighted by Gasteiger charge is 2.17. The normalized spacial score (nSPS) is 15.9. The summed E-state index contributed by atoms with van der Waals surface area (Å²) in [6, 6.07) is 8.61. The Morgan fingerprint density at radius 1 is 1.33 bits per heavy atom. The van der Waals surface area contributed by atoms with Gasteiger partial charge in [-0.3, -0.25) is 0 Å². The van der Waals surface area contributed by atoms with Crippen molar-refractivity contribution in [3.8, 4) is 6.07 Å². The van der Waals surface area contributed by atoms with Crippen LogP contribution < -0.4 is 5.32 Å². The Hall–Kier alpha value is -1.05. The quantitative estimate of drug-likeness (QED) is 0.774. The molecule has 21 heavy (non-hydrogen) atoms. The Labute approximate surface area is 136 Å². The molecule has 1 N–H and O–H groups in total. The van der Waals surface area contributed by atoms with Gasteiger partial charge in [-0.05, 0) is 67.0 Å². The molecule has 0 saturated heterocycles. The first-order valence-corrected chi connectivity index (χ1v) is 8.64. The van der Waals surface area contributed by atoms with E-state index in [1.807, 2.05) is 18.2 Å². The van der Waals surface area contributed by atoms with Gasteiger partial charge >= 0.3 is 0 Å². The third kappa shape index (κ3) is 5.01. The van der Waals surface area contributed by atoms with E-state index in [-0.39, 0.29) is 0 Å². The van der Waals surface area contributed by atoms with Crippen molar-refractivity contribution in [1.29, 1.82) is 5.26 Å². The fourth-order valence-electron chi connectivity index (χ4n) is 2.98. The average Bonchev–Trinajstić information content (AvgIpc) is 2.53. The number of hydrogen-bond acceptors (Lipinski definition) is 3. The first-order valence-electron chi connectivity index (χ1n) is 7.84. The Balaban J connectivity index is 1.71. The van der Waals surface area contributed by atoms with Crippen LogP contribution in [0.5, 0.6) is 0 Å². The Morgan fingerprint density at radius 2 is 2.10 bits per heavy atom. The summed E-state index contributed by atoms with van der Waals surface area (Å²) in [7, 11) is 2.26. The summed E-state index contributed by atoms with van der Waals surface area (Å²) in [6.07, 6.45) is 8.07. The van der Waals surface area contributed by atoms with Gasteiger partial charge in [-0.25, -0.2) is 0 Å². The lowest BCUT2D eigenvalue weighted by atomic mass is 9.94. The van der Waals surface area contributed by atoms with Gasteiger partial charge in [-0.2, -0.15) is 5.26 Å². The van der Waals surface area contributed by atoms with Crippen molar-refractivity contribution < 1.29 is 0 Å². The smallest absolute Gasteiger partial charge is 0.0992 e. The standard InChI is InChI=1S/C17H24BrN3/c1-21(15-6-3-2-4-7-15)11-5-10-20-17-9-8-14(13-19)12-16(17)18/h8-9,12,15,20H,2-7,10-11H2,1H3. The Kier molecular flexibility index (Phi) is 6.53. The van der Waals surface area contributed by atoms with Crippen LogP contribution in [0.3, 0.4) is 0 Å². The van der Waals surface area contributed by atoms with Crippen LogP contribution in [0, 0.1) is 11.3 Å². The van der Waals surface area contributed by atoms with Gasteiger partial charge in [0, 0.05) is 22.7 Å². The average molecular weight is 350 g/mol. The lowest BCUT2D eigenvalue weighted by molar-refractivity contribution is 0.191. The van der Waals surface area contributed by atoms with Crippen LogP contribution in [-0.4, -0.2) is 31.1 Å². The summed E-state index contributed by atoms with van der Waals surface area (Å²) in [5.41, 5.74) is 1.75. The number of rotatable bonds is 6. The van der Waals surface area contributed by atoms with Gasteiger partial charge in [0.15, 0.2) is 0 Å². The summed E-state index contributed by atoms with van der Waals surface area (Å²) < 4.78 is 0.960. The highest BCUT2D eigenvalue weighted by molar-refractivity contribution is 9.10. The molecule has 0 radical (unpaired) electrons. The lowest BCUT2D eigenvalue weighted by Gasteiger charge is -2.31. The third-order valence-electron chi connectivity index (χ3n) is 4.30. The first-order chi connectivity index (χ1) is 10.2. The van der Waals surface area contributed by atoms with Gasteiger partial charge in [0.05, 0.1) is 11.6 Å². The molecule has 1 aliphatic carbocycles. The molecule has 1 aromatic rings. The fraction of sp³-hybridized carbons (Fsp3) is 0.588. The van der Waals surface area contributed by atoms with Crippen molar-refractivity contribution in [2.45, 2.75) is 44.6 Å². The second-order valence-corrected chi connectivity index (χ2v) is 6.71. The van der Waals surface area contributed by atoms with Crippen molar-refractivity contribution in [3.63, 3.8) is 0 Å². The maximum Gasteiger partial charge on any atom is 0.0992 e. The molecule has 0 amide bonds. The molecule has 0 heterocycles. The Bertz CT molecular complexity index is 489. The summed E-state index contributed by atoms with van der Waals surface area (Å²) in [4.78, 5) is 2.52. The van der Waals surface area contributed by atoms with E-state index in [1.165, 1.54) is 32.1 Å². The third-order valence-corrected chi connectivity index (χ3v) is 4.96. The van der Waals surface area contributed by atoms with E-state index in [0.717, 1.165) is 35.7 Å². The van der Waals surface area contributed by atoms with E-state index in [9.17, 15) is 0 Å². The zero-order valence-electron chi connectivity index (χ0n) is 12.7. The zero-order chi connectivity index (χ0) is 15.1. The monoisotopic (exact) mass is 349 g/mol. The molecule has 4 heteroatoms. The number of nitrogens with zero attached hydrogens (tertiary/aromatic N) is 2. The SMILES string of the molecule is CN(CCCNc1ccc(C#N)cc1Br)C1CCCCC1. The zero-order valence-corrected chi connectivity index (χ0v) is 14.3. The van der Waals surface area contributed by atoms with Crippen molar-refractivity contribution in [2.24, 2.45) is 0 Å². The van der Waals surface area contributed by atoms with Crippen LogP contribution in [0.15, 0.2) is 22.7 Å². The number of halogens is 1. The van der Waals surface area contributed by atoms with E-state index in [0.29, 0.717) is 5.56 Å². The molecule has 1 fully saturated rings. The van der Waals surface area contributed by atoms with Crippen LogP contribution >= 0.6 is 15.9 Å². The number of benzene rings is 1. The summed E-state index contributed by atoms with van der Waals surface area (Å²) in [5, 5.41) is 12.3. The van der Waals surface area contributed by atoms with E-state index in [1.54, 1.807) is 0 Å². The van der Waals surface area contributed by atoms with Gasteiger partial charge < -0.3 is 10.2 Å². The topological polar surface area (TPSA) is 39.1 Å². The van der Waals surface area contributed by atoms with Crippen molar-refractivity contribution in [3.05, 3.63) is 28.2 Å². The second kappa shape index (κ2) is 8.41. The summed E-state index contributed by atoms with van der Waals surface area (Å²) >= 11 is 3.51. The van der Waals surface area contributed by atoms with E-state index < -0.39 is 0 Å². The molecule has 2 rings (SSSR count). The molecule has 114 valence electrons. The second-order valence-electron chi connectivity index (χ2n) is 5.86. The molecule has 0 aromatic heterocycles. The maximum absolute atomic E-state index is 8.86. The van der Waals surface area contributed by atoms with Gasteiger partial charge in [-0.15, -0.1) is 0 Å². The minimum absolute atomic E-state index is 0.685. The van der Waals surface area contributed by atoms with Crippen molar-refractivity contribution in [2.75, 3.05) is 25.5 Å². The molecule has 0 atom stereocenters. The van der Waals surface area contributed by atoms with Gasteiger partial charge in [-0.1, -0.05) is 19.3 Å². The van der Waals surface area contributed by atoms with Crippen LogP contribution in [0.1, 0.15) is 44.1 Å². The summed E-state index contributed by atoms with van der Waals surface area (Å²) in [6.45, 7) is 2.10. The largest absolute Gasteiger partial charge is 0.384 e. The predicted octanol–water partition coefficient (Wildman–Crippen LogP) is 4.39. The molecule has 0 bridgehead atoms. The molecule has 1 aliphatic rings. The molecule has 1 aromatic carbocycles. The fourth-order valence-corrected chi connectivity index (χ4v) is 3.50. The van der Waals surface area contributed by atoms with Crippen LogP contribution in [-0.2, 0) is 0 Å². The van der Waals surface area contributed by atoms with Gasteiger partial charge in [0.1, 0.15) is 0 Å². The van der Waals surface area contributed by atoms with Crippen molar-refractivity contribution >= 4 is 21.6 Å². The van der Waals surface area contributed by atoms with E-state index in [2.05, 4.69) is 39.3 Å². The number of anilines is 1. The summed E-state index contributed by atoms with van der Waals surface area (Å²) in [5.74, 6) is 0. The predicted molar refractivity (Wildman–Crippen MR) is 91.5 cm³/mol. The molecule has 0 aliphatic heterocycles. The molecule has 1 saturated carbocycles.